The van der Waals surface area contributed by atoms with E-state index >= 15 is 0 Å². The molecule has 0 aliphatic carbocycles. The van der Waals surface area contributed by atoms with Crippen molar-refractivity contribution < 1.29 is 14.3 Å². The number of anilines is 1. The first kappa shape index (κ1) is 24.8. The highest BCUT2D eigenvalue weighted by atomic mass is 79.9. The molecule has 2 N–H and O–H groups in total. The highest BCUT2D eigenvalue weighted by Gasteiger charge is 2.15. The summed E-state index contributed by atoms with van der Waals surface area (Å²) in [5.74, 6) is 0.559. The molecule has 166 valence electrons. The van der Waals surface area contributed by atoms with Gasteiger partial charge in [0.2, 0.25) is 5.91 Å². The van der Waals surface area contributed by atoms with E-state index in [0.717, 1.165) is 15.7 Å². The van der Waals surface area contributed by atoms with Crippen molar-refractivity contribution in [1.29, 1.82) is 0 Å². The topological polar surface area (TPSA) is 70.7 Å². The van der Waals surface area contributed by atoms with Crippen molar-refractivity contribution in [2.75, 3.05) is 26.0 Å². The van der Waals surface area contributed by atoms with Crippen LogP contribution in [0.2, 0.25) is 0 Å². The lowest BCUT2D eigenvalue weighted by Crippen LogP contribution is -2.34. The number of halogens is 1. The van der Waals surface area contributed by atoms with E-state index in [2.05, 4.69) is 26.6 Å². The second-order valence-electron chi connectivity index (χ2n) is 7.74. The Labute approximate surface area is 197 Å². The van der Waals surface area contributed by atoms with Gasteiger partial charge in [-0.25, -0.2) is 0 Å². The van der Waals surface area contributed by atoms with E-state index in [-0.39, 0.29) is 16.9 Å². The third kappa shape index (κ3) is 8.30. The Balaban J connectivity index is 2.01. The molecule has 2 rings (SSSR count). The molecule has 0 saturated carbocycles. The maximum absolute atomic E-state index is 12.8. The molecule has 0 aliphatic heterocycles. The van der Waals surface area contributed by atoms with E-state index in [1.54, 1.807) is 31.1 Å². The molecule has 6 nitrogen and oxygen atoms in total. The maximum atomic E-state index is 12.8. The Morgan fingerprint density at radius 1 is 1.16 bits per heavy atom. The molecule has 0 spiro atoms. The average Bonchev–Trinajstić information content (AvgIpc) is 2.70. The molecule has 0 atom stereocenters. The van der Waals surface area contributed by atoms with Gasteiger partial charge < -0.3 is 15.0 Å². The van der Waals surface area contributed by atoms with Crippen molar-refractivity contribution in [2.24, 2.45) is 5.92 Å². The lowest BCUT2D eigenvalue weighted by Gasteiger charge is -2.15. The number of nitrogens with one attached hydrogen (secondary N) is 2. The van der Waals surface area contributed by atoms with E-state index in [0.29, 0.717) is 36.7 Å². The summed E-state index contributed by atoms with van der Waals surface area (Å²) in [5.41, 5.74) is 2.14. The van der Waals surface area contributed by atoms with E-state index in [9.17, 15) is 9.59 Å². The van der Waals surface area contributed by atoms with Crippen LogP contribution in [0.25, 0.3) is 0 Å². The molecule has 31 heavy (non-hydrogen) atoms. The zero-order chi connectivity index (χ0) is 23.0. The number of benzene rings is 2. The van der Waals surface area contributed by atoms with Gasteiger partial charge >= 0.3 is 0 Å². The highest BCUT2D eigenvalue weighted by Crippen LogP contribution is 2.24. The fraction of sp³-hybridized carbons (Fsp3) is 0.348. The van der Waals surface area contributed by atoms with E-state index < -0.39 is 0 Å². The smallest absolute Gasteiger partial charge is 0.261 e. The Kier molecular flexibility index (Phi) is 9.45. The summed E-state index contributed by atoms with van der Waals surface area (Å²) in [4.78, 5) is 26.2. The molecule has 2 aromatic rings. The summed E-state index contributed by atoms with van der Waals surface area (Å²) in [6, 6.07) is 12.9. The van der Waals surface area contributed by atoms with Gasteiger partial charge in [-0.1, -0.05) is 41.9 Å². The van der Waals surface area contributed by atoms with Gasteiger partial charge in [0.15, 0.2) is 5.11 Å². The van der Waals surface area contributed by atoms with Crippen LogP contribution in [0.15, 0.2) is 46.9 Å². The van der Waals surface area contributed by atoms with Crippen molar-refractivity contribution in [3.05, 3.63) is 58.1 Å². The first-order valence-electron chi connectivity index (χ1n) is 9.99. The van der Waals surface area contributed by atoms with Crippen molar-refractivity contribution in [3.8, 4) is 5.75 Å². The molecule has 0 bridgehead atoms. The number of ether oxygens (including phenoxy) is 1. The SMILES string of the molecule is CC(C)COc1ccc(Br)cc1C(=O)NC(=S)Nc1cccc(CCC(=O)N(C)C)c1. The number of hydrogen-bond donors (Lipinski definition) is 2. The molecular formula is C23H28BrN3O3S. The molecule has 8 heteroatoms. The Bertz CT molecular complexity index is 947. The van der Waals surface area contributed by atoms with Crippen molar-refractivity contribution in [3.63, 3.8) is 0 Å². The Hall–Kier alpha value is -2.45. The van der Waals surface area contributed by atoms with Gasteiger partial charge in [0, 0.05) is 30.7 Å². The lowest BCUT2D eigenvalue weighted by molar-refractivity contribution is -0.128. The van der Waals surface area contributed by atoms with E-state index in [1.807, 2.05) is 44.2 Å². The van der Waals surface area contributed by atoms with Crippen molar-refractivity contribution >= 4 is 50.8 Å². The molecule has 0 aliphatic rings. The average molecular weight is 506 g/mol. The number of amides is 2. The van der Waals surface area contributed by atoms with Gasteiger partial charge in [0.25, 0.3) is 5.91 Å². The van der Waals surface area contributed by atoms with E-state index in [4.69, 9.17) is 17.0 Å². The fourth-order valence-corrected chi connectivity index (χ4v) is 3.25. The van der Waals surface area contributed by atoms with Crippen LogP contribution in [-0.4, -0.2) is 42.5 Å². The molecule has 0 unspecified atom stereocenters. The van der Waals surface area contributed by atoms with Crippen LogP contribution in [0.4, 0.5) is 5.69 Å². The van der Waals surface area contributed by atoms with Gasteiger partial charge in [0.05, 0.1) is 12.2 Å². The van der Waals surface area contributed by atoms with Crippen molar-refractivity contribution in [1.82, 2.24) is 10.2 Å². The zero-order valence-corrected chi connectivity index (χ0v) is 20.6. The van der Waals surface area contributed by atoms with Crippen molar-refractivity contribution in [2.45, 2.75) is 26.7 Å². The molecule has 0 saturated heterocycles. The van der Waals surface area contributed by atoms with Crippen LogP contribution < -0.4 is 15.4 Å². The van der Waals surface area contributed by atoms with Gasteiger partial charge in [-0.2, -0.15) is 0 Å². The number of aryl methyl sites for hydroxylation is 1. The summed E-state index contributed by atoms with van der Waals surface area (Å²) >= 11 is 8.72. The number of carbonyl (C=O) groups excluding carboxylic acids is 2. The minimum absolute atomic E-state index is 0.0747. The minimum atomic E-state index is -0.356. The summed E-state index contributed by atoms with van der Waals surface area (Å²) in [6.07, 6.45) is 1.06. The summed E-state index contributed by atoms with van der Waals surface area (Å²) in [5, 5.41) is 5.92. The Morgan fingerprint density at radius 3 is 2.58 bits per heavy atom. The van der Waals surface area contributed by atoms with Gasteiger partial charge in [-0.05, 0) is 60.5 Å². The normalized spacial score (nSPS) is 10.5. The second kappa shape index (κ2) is 11.8. The molecule has 0 fully saturated rings. The van der Waals surface area contributed by atoms with E-state index in [1.165, 1.54) is 0 Å². The zero-order valence-electron chi connectivity index (χ0n) is 18.2. The predicted molar refractivity (Wildman–Crippen MR) is 132 cm³/mol. The van der Waals surface area contributed by atoms with Gasteiger partial charge in [-0.3, -0.25) is 14.9 Å². The predicted octanol–water partition coefficient (Wildman–Crippen LogP) is 4.63. The molecule has 2 amide bonds. The van der Waals surface area contributed by atoms with Gasteiger partial charge in [0.1, 0.15) is 5.75 Å². The number of hydrogen-bond acceptors (Lipinski definition) is 4. The quantitative estimate of drug-likeness (QED) is 0.511. The maximum Gasteiger partial charge on any atom is 0.261 e. The van der Waals surface area contributed by atoms with Crippen LogP contribution in [-0.2, 0) is 11.2 Å². The molecule has 0 aromatic heterocycles. The monoisotopic (exact) mass is 505 g/mol. The summed E-state index contributed by atoms with van der Waals surface area (Å²) in [7, 11) is 3.48. The number of thiocarbonyl (C=S) groups is 1. The standard InChI is InChI=1S/C23H28BrN3O3S/c1-15(2)14-30-20-10-9-17(24)13-19(20)22(29)26-23(31)25-18-7-5-6-16(12-18)8-11-21(28)27(3)4/h5-7,9-10,12-13,15H,8,11,14H2,1-4H3,(H2,25,26,29,31). The largest absolute Gasteiger partial charge is 0.492 e. The molecular weight excluding hydrogens is 478 g/mol. The van der Waals surface area contributed by atoms with Crippen LogP contribution in [0.1, 0.15) is 36.2 Å². The van der Waals surface area contributed by atoms with Crippen LogP contribution >= 0.6 is 28.1 Å². The number of nitrogens with zero attached hydrogens (tertiary/aromatic N) is 1. The minimum Gasteiger partial charge on any atom is -0.492 e. The Morgan fingerprint density at radius 2 is 1.90 bits per heavy atom. The first-order chi connectivity index (χ1) is 14.7. The van der Waals surface area contributed by atoms with Crippen LogP contribution in [0, 0.1) is 5.92 Å². The molecule has 2 aromatic carbocycles. The highest BCUT2D eigenvalue weighted by molar-refractivity contribution is 9.10. The lowest BCUT2D eigenvalue weighted by atomic mass is 10.1. The third-order valence-electron chi connectivity index (χ3n) is 4.30. The second-order valence-corrected chi connectivity index (χ2v) is 9.07. The van der Waals surface area contributed by atoms with Gasteiger partial charge in [-0.15, -0.1) is 0 Å². The summed E-state index contributed by atoms with van der Waals surface area (Å²) < 4.78 is 6.55. The fourth-order valence-electron chi connectivity index (χ4n) is 2.67. The summed E-state index contributed by atoms with van der Waals surface area (Å²) in [6.45, 7) is 4.60. The first-order valence-corrected chi connectivity index (χ1v) is 11.2. The van der Waals surface area contributed by atoms with Crippen LogP contribution in [0.5, 0.6) is 5.75 Å². The number of carbonyl (C=O) groups is 2. The third-order valence-corrected chi connectivity index (χ3v) is 4.99. The number of rotatable bonds is 8. The van der Waals surface area contributed by atoms with Crippen LogP contribution in [0.3, 0.4) is 0 Å². The molecule has 0 heterocycles. The molecule has 0 radical (unpaired) electrons.